The lowest BCUT2D eigenvalue weighted by atomic mass is 10.3. The molecule has 1 N–H and O–H groups in total. The monoisotopic (exact) mass is 220 g/mol. The standard InChI is InChI=1S/C11H12N2OS/c1-2-4-10-9(3-1)13-11(15-10)14-8-5-6-12-7-8/h1-4,8,12H,5-7H2/t8-/m0/s1. The second-order valence-electron chi connectivity index (χ2n) is 3.68. The van der Waals surface area contributed by atoms with Gasteiger partial charge in [0.1, 0.15) is 6.10 Å². The van der Waals surface area contributed by atoms with Crippen molar-refractivity contribution in [1.29, 1.82) is 0 Å². The number of fused-ring (bicyclic) bond motifs is 1. The molecule has 3 rings (SSSR count). The molecule has 3 nitrogen and oxygen atoms in total. The second-order valence-corrected chi connectivity index (χ2v) is 4.67. The summed E-state index contributed by atoms with van der Waals surface area (Å²) >= 11 is 1.62. The van der Waals surface area contributed by atoms with E-state index in [4.69, 9.17) is 4.74 Å². The molecule has 2 aromatic rings. The van der Waals surface area contributed by atoms with Gasteiger partial charge in [-0.15, -0.1) is 0 Å². The van der Waals surface area contributed by atoms with E-state index < -0.39 is 0 Å². The summed E-state index contributed by atoms with van der Waals surface area (Å²) in [7, 11) is 0. The van der Waals surface area contributed by atoms with Gasteiger partial charge in [-0.05, 0) is 25.1 Å². The van der Waals surface area contributed by atoms with E-state index in [1.54, 1.807) is 11.3 Å². The highest BCUT2D eigenvalue weighted by atomic mass is 32.1. The van der Waals surface area contributed by atoms with Crippen molar-refractivity contribution < 1.29 is 4.74 Å². The number of aromatic nitrogens is 1. The van der Waals surface area contributed by atoms with Crippen molar-refractivity contribution in [2.75, 3.05) is 13.1 Å². The molecule has 0 bridgehead atoms. The van der Waals surface area contributed by atoms with Gasteiger partial charge in [0.15, 0.2) is 0 Å². The Bertz CT molecular complexity index is 429. The first-order valence-electron chi connectivity index (χ1n) is 5.15. The summed E-state index contributed by atoms with van der Waals surface area (Å²) in [6.07, 6.45) is 1.38. The highest BCUT2D eigenvalue weighted by Gasteiger charge is 2.17. The van der Waals surface area contributed by atoms with Gasteiger partial charge in [0.25, 0.3) is 5.19 Å². The lowest BCUT2D eigenvalue weighted by Crippen LogP contribution is -2.19. The van der Waals surface area contributed by atoms with E-state index in [0.29, 0.717) is 6.10 Å². The van der Waals surface area contributed by atoms with E-state index in [1.807, 2.05) is 18.2 Å². The zero-order valence-corrected chi connectivity index (χ0v) is 9.09. The van der Waals surface area contributed by atoms with E-state index in [9.17, 15) is 0 Å². The molecule has 1 aliphatic rings. The molecule has 78 valence electrons. The predicted octanol–water partition coefficient (Wildman–Crippen LogP) is 2.04. The Labute approximate surface area is 92.1 Å². The fraction of sp³-hybridized carbons (Fsp3) is 0.364. The van der Waals surface area contributed by atoms with E-state index >= 15 is 0 Å². The third-order valence-corrected chi connectivity index (χ3v) is 3.48. The van der Waals surface area contributed by atoms with Crippen LogP contribution in [-0.4, -0.2) is 24.2 Å². The summed E-state index contributed by atoms with van der Waals surface area (Å²) in [6.45, 7) is 1.99. The van der Waals surface area contributed by atoms with Crippen LogP contribution in [0.4, 0.5) is 0 Å². The Balaban J connectivity index is 1.84. The first-order chi connectivity index (χ1) is 7.42. The fourth-order valence-electron chi connectivity index (χ4n) is 1.77. The number of nitrogens with zero attached hydrogens (tertiary/aromatic N) is 1. The molecule has 0 saturated carbocycles. The van der Waals surface area contributed by atoms with Crippen molar-refractivity contribution in [3.05, 3.63) is 24.3 Å². The first kappa shape index (κ1) is 9.12. The van der Waals surface area contributed by atoms with Crippen LogP contribution in [0.3, 0.4) is 0 Å². The third kappa shape index (κ3) is 1.82. The molecule has 2 heterocycles. The van der Waals surface area contributed by atoms with Crippen LogP contribution in [0.25, 0.3) is 10.2 Å². The van der Waals surface area contributed by atoms with Gasteiger partial charge in [0, 0.05) is 6.54 Å². The quantitative estimate of drug-likeness (QED) is 0.841. The Kier molecular flexibility index (Phi) is 2.31. The highest BCUT2D eigenvalue weighted by Crippen LogP contribution is 2.28. The summed E-state index contributed by atoms with van der Waals surface area (Å²) < 4.78 is 7.00. The average Bonchev–Trinajstić information content (AvgIpc) is 2.86. The molecule has 1 fully saturated rings. The highest BCUT2D eigenvalue weighted by molar-refractivity contribution is 7.20. The van der Waals surface area contributed by atoms with Gasteiger partial charge in [-0.25, -0.2) is 4.98 Å². The number of benzene rings is 1. The minimum absolute atomic E-state index is 0.297. The number of rotatable bonds is 2. The molecule has 0 radical (unpaired) electrons. The Morgan fingerprint density at radius 3 is 3.13 bits per heavy atom. The van der Waals surface area contributed by atoms with Gasteiger partial charge in [-0.3, -0.25) is 0 Å². The molecule has 15 heavy (non-hydrogen) atoms. The normalized spacial score (nSPS) is 20.9. The number of hydrogen-bond acceptors (Lipinski definition) is 4. The number of nitrogens with one attached hydrogen (secondary N) is 1. The lowest BCUT2D eigenvalue weighted by Gasteiger charge is -2.07. The summed E-state index contributed by atoms with van der Waals surface area (Å²) in [5.41, 5.74) is 1.03. The summed E-state index contributed by atoms with van der Waals surface area (Å²) in [4.78, 5) is 4.44. The maximum absolute atomic E-state index is 5.81. The molecular formula is C11H12N2OS. The van der Waals surface area contributed by atoms with Crippen LogP contribution in [0.2, 0.25) is 0 Å². The number of thiazole rings is 1. The van der Waals surface area contributed by atoms with Crippen molar-refractivity contribution in [3.63, 3.8) is 0 Å². The molecule has 0 aliphatic carbocycles. The van der Waals surface area contributed by atoms with Crippen molar-refractivity contribution >= 4 is 21.6 Å². The lowest BCUT2D eigenvalue weighted by molar-refractivity contribution is 0.222. The van der Waals surface area contributed by atoms with Crippen LogP contribution in [-0.2, 0) is 0 Å². The summed E-state index contributed by atoms with van der Waals surface area (Å²) in [5, 5.41) is 4.07. The number of hydrogen-bond donors (Lipinski definition) is 1. The largest absolute Gasteiger partial charge is 0.465 e. The van der Waals surface area contributed by atoms with Crippen LogP contribution >= 0.6 is 11.3 Å². The van der Waals surface area contributed by atoms with Gasteiger partial charge in [-0.2, -0.15) is 0 Å². The van der Waals surface area contributed by atoms with E-state index in [0.717, 1.165) is 30.2 Å². The molecular weight excluding hydrogens is 208 g/mol. The van der Waals surface area contributed by atoms with Crippen LogP contribution in [0.15, 0.2) is 24.3 Å². The smallest absolute Gasteiger partial charge is 0.274 e. The first-order valence-corrected chi connectivity index (χ1v) is 5.96. The molecule has 1 atom stereocenters. The van der Waals surface area contributed by atoms with E-state index in [-0.39, 0.29) is 0 Å². The topological polar surface area (TPSA) is 34.1 Å². The average molecular weight is 220 g/mol. The van der Waals surface area contributed by atoms with Gasteiger partial charge < -0.3 is 10.1 Å². The summed E-state index contributed by atoms with van der Waals surface area (Å²) in [6, 6.07) is 8.13. The van der Waals surface area contributed by atoms with Gasteiger partial charge in [0.05, 0.1) is 10.2 Å². The van der Waals surface area contributed by atoms with E-state index in [1.165, 1.54) is 4.70 Å². The van der Waals surface area contributed by atoms with Crippen LogP contribution in [0.5, 0.6) is 5.19 Å². The van der Waals surface area contributed by atoms with Gasteiger partial charge in [0.2, 0.25) is 0 Å². The molecule has 4 heteroatoms. The Morgan fingerprint density at radius 1 is 1.40 bits per heavy atom. The SMILES string of the molecule is c1ccc2sc(O[C@H]3CCNC3)nc2c1. The van der Waals surface area contributed by atoms with Crippen LogP contribution < -0.4 is 10.1 Å². The molecule has 1 aliphatic heterocycles. The maximum atomic E-state index is 5.81. The molecule has 0 amide bonds. The molecule has 1 aromatic heterocycles. The maximum Gasteiger partial charge on any atom is 0.274 e. The van der Waals surface area contributed by atoms with E-state index in [2.05, 4.69) is 16.4 Å². The second kappa shape index (κ2) is 3.79. The molecule has 1 saturated heterocycles. The van der Waals surface area contributed by atoms with Crippen LogP contribution in [0.1, 0.15) is 6.42 Å². The number of para-hydroxylation sites is 1. The van der Waals surface area contributed by atoms with Crippen molar-refractivity contribution in [2.45, 2.75) is 12.5 Å². The molecule has 0 unspecified atom stereocenters. The van der Waals surface area contributed by atoms with Gasteiger partial charge >= 0.3 is 0 Å². The van der Waals surface area contributed by atoms with Crippen molar-refractivity contribution in [1.82, 2.24) is 10.3 Å². The Hall–Kier alpha value is -1.13. The van der Waals surface area contributed by atoms with Crippen molar-refractivity contribution in [2.24, 2.45) is 0 Å². The summed E-state index contributed by atoms with van der Waals surface area (Å²) in [5.74, 6) is 0. The minimum atomic E-state index is 0.297. The predicted molar refractivity (Wildman–Crippen MR) is 61.5 cm³/mol. The van der Waals surface area contributed by atoms with Crippen molar-refractivity contribution in [3.8, 4) is 5.19 Å². The molecule has 1 aromatic carbocycles. The fourth-order valence-corrected chi connectivity index (χ4v) is 2.65. The molecule has 0 spiro atoms. The van der Waals surface area contributed by atoms with Crippen LogP contribution in [0, 0.1) is 0 Å². The zero-order chi connectivity index (χ0) is 10.1. The Morgan fingerprint density at radius 2 is 2.33 bits per heavy atom. The van der Waals surface area contributed by atoms with Gasteiger partial charge in [-0.1, -0.05) is 23.5 Å². The minimum Gasteiger partial charge on any atom is -0.465 e. The third-order valence-electron chi connectivity index (χ3n) is 2.56. The zero-order valence-electron chi connectivity index (χ0n) is 8.27. The number of ether oxygens (including phenoxy) is 1.